The summed E-state index contributed by atoms with van der Waals surface area (Å²) in [6.07, 6.45) is 5.30. The second-order valence-electron chi connectivity index (χ2n) is 10.1. The summed E-state index contributed by atoms with van der Waals surface area (Å²) in [7, 11) is 3.54. The van der Waals surface area contributed by atoms with Crippen molar-refractivity contribution in [1.29, 1.82) is 0 Å². The maximum absolute atomic E-state index is 5.92. The van der Waals surface area contributed by atoms with Crippen LogP contribution in [0.1, 0.15) is 62.1 Å². The van der Waals surface area contributed by atoms with Crippen molar-refractivity contribution >= 4 is 0 Å². The largest absolute Gasteiger partial charge is 0.496 e. The predicted molar refractivity (Wildman–Crippen MR) is 132 cm³/mol. The van der Waals surface area contributed by atoms with Gasteiger partial charge in [-0.1, -0.05) is 50.2 Å². The molecule has 4 rings (SSSR count). The fraction of sp³-hybridized carbons (Fsp3) is 0.571. The van der Waals surface area contributed by atoms with Crippen LogP contribution >= 0.6 is 0 Å². The highest BCUT2D eigenvalue weighted by molar-refractivity contribution is 5.51. The third-order valence-corrected chi connectivity index (χ3v) is 7.54. The van der Waals surface area contributed by atoms with Gasteiger partial charge in [0.25, 0.3) is 0 Å². The molecule has 2 aromatic rings. The number of hydrogen-bond acceptors (Lipinski definition) is 4. The lowest BCUT2D eigenvalue weighted by Crippen LogP contribution is -2.49. The summed E-state index contributed by atoms with van der Waals surface area (Å²) >= 11 is 0. The number of piperidine rings is 2. The molecule has 0 saturated carbocycles. The van der Waals surface area contributed by atoms with E-state index in [0.29, 0.717) is 11.3 Å². The lowest BCUT2D eigenvalue weighted by molar-refractivity contribution is 0.0183. The summed E-state index contributed by atoms with van der Waals surface area (Å²) in [4.78, 5) is 5.31. The van der Waals surface area contributed by atoms with E-state index >= 15 is 0 Å². The second-order valence-corrected chi connectivity index (χ2v) is 10.1. The van der Waals surface area contributed by atoms with Gasteiger partial charge in [0, 0.05) is 30.8 Å². The number of nitrogens with zero attached hydrogens (tertiary/aromatic N) is 2. The molecule has 2 fully saturated rings. The zero-order valence-corrected chi connectivity index (χ0v) is 20.4. The topological polar surface area (TPSA) is 24.9 Å². The van der Waals surface area contributed by atoms with E-state index in [9.17, 15) is 0 Å². The van der Waals surface area contributed by atoms with E-state index in [-0.39, 0.29) is 0 Å². The summed E-state index contributed by atoms with van der Waals surface area (Å²) in [6, 6.07) is 15.2. The minimum Gasteiger partial charge on any atom is -0.496 e. The molecule has 32 heavy (non-hydrogen) atoms. The number of methoxy groups -OCH3 is 2. The molecule has 0 aliphatic carbocycles. The van der Waals surface area contributed by atoms with Crippen LogP contribution in [0.2, 0.25) is 0 Å². The lowest BCUT2D eigenvalue weighted by atomic mass is 9.72. The Kier molecular flexibility index (Phi) is 7.42. The highest BCUT2D eigenvalue weighted by Gasteiger charge is 2.38. The number of hydrogen-bond donors (Lipinski definition) is 0. The summed E-state index contributed by atoms with van der Waals surface area (Å²) in [5.74, 6) is 2.31. The Morgan fingerprint density at radius 2 is 1.59 bits per heavy atom. The van der Waals surface area contributed by atoms with Crippen molar-refractivity contribution in [2.75, 3.05) is 40.4 Å². The van der Waals surface area contributed by atoms with Gasteiger partial charge in [-0.25, -0.2) is 0 Å². The summed E-state index contributed by atoms with van der Waals surface area (Å²) in [5, 5.41) is 0. The van der Waals surface area contributed by atoms with Crippen molar-refractivity contribution in [2.24, 2.45) is 5.41 Å². The lowest BCUT2D eigenvalue weighted by Gasteiger charge is -2.48. The Labute approximate surface area is 194 Å². The van der Waals surface area contributed by atoms with Crippen LogP contribution in [0.4, 0.5) is 0 Å². The zero-order valence-electron chi connectivity index (χ0n) is 20.4. The molecule has 2 aliphatic heterocycles. The van der Waals surface area contributed by atoms with E-state index in [2.05, 4.69) is 66.1 Å². The highest BCUT2D eigenvalue weighted by atomic mass is 16.5. The van der Waals surface area contributed by atoms with Gasteiger partial charge in [0.1, 0.15) is 11.5 Å². The zero-order chi connectivity index (χ0) is 22.6. The first-order valence-corrected chi connectivity index (χ1v) is 12.3. The van der Waals surface area contributed by atoms with E-state index in [1.165, 1.54) is 68.6 Å². The Hall–Kier alpha value is -2.04. The molecule has 0 bridgehead atoms. The van der Waals surface area contributed by atoms with Crippen molar-refractivity contribution in [2.45, 2.75) is 58.5 Å². The molecule has 0 atom stereocenters. The maximum atomic E-state index is 5.92. The van der Waals surface area contributed by atoms with Crippen molar-refractivity contribution in [3.63, 3.8) is 0 Å². The van der Waals surface area contributed by atoms with Gasteiger partial charge in [0.15, 0.2) is 0 Å². The van der Waals surface area contributed by atoms with Crippen molar-refractivity contribution in [3.8, 4) is 11.5 Å². The van der Waals surface area contributed by atoms with Crippen LogP contribution in [0, 0.1) is 5.41 Å². The number of ether oxygens (including phenoxy) is 2. The Balaban J connectivity index is 1.41. The monoisotopic (exact) mass is 436 g/mol. The van der Waals surface area contributed by atoms with Crippen LogP contribution in [-0.4, -0.2) is 50.2 Å². The third-order valence-electron chi connectivity index (χ3n) is 7.54. The highest BCUT2D eigenvalue weighted by Crippen LogP contribution is 2.42. The Morgan fingerprint density at radius 1 is 0.844 bits per heavy atom. The third kappa shape index (κ3) is 5.13. The Bertz CT molecular complexity index is 873. The first-order chi connectivity index (χ1) is 15.5. The van der Waals surface area contributed by atoms with Gasteiger partial charge in [-0.05, 0) is 68.3 Å². The van der Waals surface area contributed by atoms with Crippen LogP contribution in [0.25, 0.3) is 0 Å². The molecule has 2 aromatic carbocycles. The van der Waals surface area contributed by atoms with Crippen molar-refractivity contribution in [3.05, 3.63) is 59.2 Å². The summed E-state index contributed by atoms with van der Waals surface area (Å²) in [6.45, 7) is 11.3. The number of likely N-dealkylation sites (tertiary alicyclic amines) is 2. The first-order valence-electron chi connectivity index (χ1n) is 12.3. The Morgan fingerprint density at radius 3 is 2.25 bits per heavy atom. The fourth-order valence-electron chi connectivity index (χ4n) is 5.84. The second kappa shape index (κ2) is 10.3. The molecule has 4 heteroatoms. The summed E-state index contributed by atoms with van der Waals surface area (Å²) in [5.41, 5.74) is 4.39. The SMILES string of the molecule is COc1ccc(CN2CCCC3(CCN(Cc4ccccc4)CC3)C2)c(OC)c1C(C)C. The molecule has 2 saturated heterocycles. The smallest absolute Gasteiger partial charge is 0.130 e. The van der Waals surface area contributed by atoms with Crippen molar-refractivity contribution < 1.29 is 9.47 Å². The van der Waals surface area contributed by atoms with Gasteiger partial charge < -0.3 is 9.47 Å². The molecule has 2 aliphatic rings. The molecular formula is C28H40N2O2. The molecule has 0 N–H and O–H groups in total. The normalized spacial score (nSPS) is 19.4. The molecule has 4 nitrogen and oxygen atoms in total. The molecule has 1 spiro atoms. The molecule has 2 heterocycles. The fourth-order valence-corrected chi connectivity index (χ4v) is 5.84. The molecule has 0 unspecified atom stereocenters. The maximum Gasteiger partial charge on any atom is 0.130 e. The standard InChI is InChI=1S/C28H40N2O2/c1-22(2)26-25(31-3)12-11-24(27(26)32-4)20-30-16-8-13-28(21-30)14-17-29(18-15-28)19-23-9-6-5-7-10-23/h5-7,9-12,22H,8,13-21H2,1-4H3. The number of benzene rings is 2. The van der Waals surface area contributed by atoms with E-state index in [1.807, 2.05) is 0 Å². The van der Waals surface area contributed by atoms with E-state index in [1.54, 1.807) is 14.2 Å². The molecule has 174 valence electrons. The molecule has 0 radical (unpaired) electrons. The van der Waals surface area contributed by atoms with E-state index in [0.717, 1.165) is 24.6 Å². The predicted octanol–water partition coefficient (Wildman–Crippen LogP) is 5.71. The molecule has 0 amide bonds. The van der Waals surface area contributed by atoms with Gasteiger partial charge in [-0.15, -0.1) is 0 Å². The van der Waals surface area contributed by atoms with Gasteiger partial charge >= 0.3 is 0 Å². The van der Waals surface area contributed by atoms with Gasteiger partial charge in [0.2, 0.25) is 0 Å². The van der Waals surface area contributed by atoms with Gasteiger partial charge in [-0.2, -0.15) is 0 Å². The minimum absolute atomic E-state index is 0.362. The minimum atomic E-state index is 0.362. The average molecular weight is 437 g/mol. The van der Waals surface area contributed by atoms with E-state index in [4.69, 9.17) is 9.47 Å². The quantitative estimate of drug-likeness (QED) is 0.555. The van der Waals surface area contributed by atoms with Crippen molar-refractivity contribution in [1.82, 2.24) is 9.80 Å². The van der Waals surface area contributed by atoms with Crippen LogP contribution < -0.4 is 9.47 Å². The van der Waals surface area contributed by atoms with Crippen LogP contribution in [0.5, 0.6) is 11.5 Å². The average Bonchev–Trinajstić information content (AvgIpc) is 2.81. The first kappa shape index (κ1) is 23.1. The van der Waals surface area contributed by atoms with Crippen LogP contribution in [-0.2, 0) is 13.1 Å². The molecule has 0 aromatic heterocycles. The van der Waals surface area contributed by atoms with E-state index < -0.39 is 0 Å². The van der Waals surface area contributed by atoms with Crippen LogP contribution in [0.15, 0.2) is 42.5 Å². The molecular weight excluding hydrogens is 396 g/mol. The summed E-state index contributed by atoms with van der Waals surface area (Å²) < 4.78 is 11.6. The van der Waals surface area contributed by atoms with Gasteiger partial charge in [-0.3, -0.25) is 9.80 Å². The van der Waals surface area contributed by atoms with Gasteiger partial charge in [0.05, 0.1) is 14.2 Å². The van der Waals surface area contributed by atoms with Crippen LogP contribution in [0.3, 0.4) is 0 Å². The number of rotatable bonds is 7.